The van der Waals surface area contributed by atoms with E-state index in [0.717, 1.165) is 18.8 Å². The Bertz CT molecular complexity index is 392. The molecule has 92 valence electrons. The van der Waals surface area contributed by atoms with Gasteiger partial charge < -0.3 is 9.47 Å². The molecule has 0 unspecified atom stereocenters. The molecule has 4 nitrogen and oxygen atoms in total. The lowest BCUT2D eigenvalue weighted by Gasteiger charge is -2.18. The van der Waals surface area contributed by atoms with E-state index in [9.17, 15) is 4.79 Å². The van der Waals surface area contributed by atoms with Crippen LogP contribution in [-0.2, 0) is 16.1 Å². The van der Waals surface area contributed by atoms with Gasteiger partial charge in [-0.3, -0.25) is 9.69 Å². The topological polar surface area (TPSA) is 38.8 Å². The van der Waals surface area contributed by atoms with Crippen molar-refractivity contribution in [2.24, 2.45) is 0 Å². The van der Waals surface area contributed by atoms with Gasteiger partial charge in [-0.2, -0.15) is 0 Å². The van der Waals surface area contributed by atoms with Crippen LogP contribution >= 0.6 is 0 Å². The fourth-order valence-electron chi connectivity index (χ4n) is 1.92. The zero-order chi connectivity index (χ0) is 12.1. The second kappa shape index (κ2) is 5.68. The fraction of sp³-hybridized carbons (Fsp3) is 0.462. The molecule has 0 aromatic heterocycles. The maximum Gasteiger partial charge on any atom is 0.306 e. The highest BCUT2D eigenvalue weighted by atomic mass is 16.5. The minimum absolute atomic E-state index is 0.163. The maximum absolute atomic E-state index is 11.1. The van der Waals surface area contributed by atoms with Crippen molar-refractivity contribution in [2.45, 2.75) is 13.0 Å². The van der Waals surface area contributed by atoms with Crippen LogP contribution < -0.4 is 4.74 Å². The number of nitrogens with zero attached hydrogens (tertiary/aromatic N) is 1. The zero-order valence-electron chi connectivity index (χ0n) is 10.0. The van der Waals surface area contributed by atoms with Crippen LogP contribution in [0.5, 0.6) is 5.75 Å². The maximum atomic E-state index is 11.1. The summed E-state index contributed by atoms with van der Waals surface area (Å²) in [6.45, 7) is 3.04. The summed E-state index contributed by atoms with van der Waals surface area (Å²) in [6.07, 6.45) is 0.429. The number of para-hydroxylation sites is 1. The molecule has 0 bridgehead atoms. The van der Waals surface area contributed by atoms with Crippen LogP contribution in [0.4, 0.5) is 0 Å². The Morgan fingerprint density at radius 2 is 2.29 bits per heavy atom. The van der Waals surface area contributed by atoms with Crippen molar-refractivity contribution < 1.29 is 14.3 Å². The first-order valence-corrected chi connectivity index (χ1v) is 5.79. The van der Waals surface area contributed by atoms with E-state index in [0.29, 0.717) is 19.6 Å². The number of esters is 1. The van der Waals surface area contributed by atoms with E-state index in [1.54, 1.807) is 0 Å². The zero-order valence-corrected chi connectivity index (χ0v) is 10.0. The summed E-state index contributed by atoms with van der Waals surface area (Å²) in [4.78, 5) is 13.3. The Balaban J connectivity index is 1.96. The highest BCUT2D eigenvalue weighted by Crippen LogP contribution is 2.22. The van der Waals surface area contributed by atoms with Gasteiger partial charge >= 0.3 is 5.97 Å². The van der Waals surface area contributed by atoms with Gasteiger partial charge in [0.25, 0.3) is 0 Å². The minimum Gasteiger partial charge on any atom is -0.492 e. The molecular weight excluding hydrogens is 218 g/mol. The molecule has 0 atom stereocenters. The van der Waals surface area contributed by atoms with E-state index in [2.05, 4.69) is 15.7 Å². The highest BCUT2D eigenvalue weighted by Gasteiger charge is 2.15. The lowest BCUT2D eigenvalue weighted by Crippen LogP contribution is -2.28. The molecule has 1 aromatic rings. The lowest BCUT2D eigenvalue weighted by molar-refractivity contribution is -0.141. The standard InChI is InChI=1S/C13H17NO3/c1-16-13(15)6-7-14-8-9-17-12-5-3-2-4-11(12)10-14/h2-5H,6-10H2,1H3. The van der Waals surface area contributed by atoms with Gasteiger partial charge in [0, 0.05) is 25.2 Å². The number of rotatable bonds is 3. The summed E-state index contributed by atoms with van der Waals surface area (Å²) in [5, 5.41) is 0. The number of methoxy groups -OCH3 is 1. The Kier molecular flexibility index (Phi) is 3.98. The third-order valence-corrected chi connectivity index (χ3v) is 2.89. The van der Waals surface area contributed by atoms with Gasteiger partial charge in [-0.15, -0.1) is 0 Å². The van der Waals surface area contributed by atoms with Crippen LogP contribution in [0.25, 0.3) is 0 Å². The molecule has 0 aliphatic carbocycles. The summed E-state index contributed by atoms with van der Waals surface area (Å²) >= 11 is 0. The van der Waals surface area contributed by atoms with Crippen LogP contribution in [-0.4, -0.2) is 37.7 Å². The Labute approximate surface area is 101 Å². The molecule has 0 fully saturated rings. The van der Waals surface area contributed by atoms with Crippen molar-refractivity contribution in [1.82, 2.24) is 4.90 Å². The van der Waals surface area contributed by atoms with E-state index in [1.807, 2.05) is 18.2 Å². The van der Waals surface area contributed by atoms with Crippen LogP contribution in [0.3, 0.4) is 0 Å². The van der Waals surface area contributed by atoms with E-state index >= 15 is 0 Å². The molecule has 4 heteroatoms. The highest BCUT2D eigenvalue weighted by molar-refractivity contribution is 5.69. The monoisotopic (exact) mass is 235 g/mol. The molecule has 2 rings (SSSR count). The number of benzene rings is 1. The summed E-state index contributed by atoms with van der Waals surface area (Å²) in [6, 6.07) is 8.03. The van der Waals surface area contributed by atoms with Gasteiger partial charge in [-0.1, -0.05) is 18.2 Å². The molecule has 17 heavy (non-hydrogen) atoms. The van der Waals surface area contributed by atoms with Gasteiger partial charge in [0.05, 0.1) is 13.5 Å². The van der Waals surface area contributed by atoms with Gasteiger partial charge in [0.15, 0.2) is 0 Å². The van der Waals surface area contributed by atoms with Crippen LogP contribution in [0.15, 0.2) is 24.3 Å². The number of hydrogen-bond acceptors (Lipinski definition) is 4. The third-order valence-electron chi connectivity index (χ3n) is 2.89. The Morgan fingerprint density at radius 3 is 3.12 bits per heavy atom. The van der Waals surface area contributed by atoms with Crippen molar-refractivity contribution >= 4 is 5.97 Å². The van der Waals surface area contributed by atoms with Gasteiger partial charge in [-0.25, -0.2) is 0 Å². The first-order valence-electron chi connectivity index (χ1n) is 5.79. The van der Waals surface area contributed by atoms with E-state index in [1.165, 1.54) is 12.7 Å². The van der Waals surface area contributed by atoms with Crippen LogP contribution in [0, 0.1) is 0 Å². The molecule has 1 heterocycles. The largest absolute Gasteiger partial charge is 0.492 e. The van der Waals surface area contributed by atoms with Crippen molar-refractivity contribution in [1.29, 1.82) is 0 Å². The van der Waals surface area contributed by atoms with E-state index < -0.39 is 0 Å². The Hall–Kier alpha value is -1.55. The minimum atomic E-state index is -0.163. The SMILES string of the molecule is COC(=O)CCN1CCOc2ccccc2C1. The molecule has 1 aliphatic heterocycles. The molecule has 1 aliphatic rings. The number of ether oxygens (including phenoxy) is 2. The number of fused-ring (bicyclic) bond motifs is 1. The quantitative estimate of drug-likeness (QED) is 0.743. The molecule has 0 amide bonds. The number of carbonyl (C=O) groups excluding carboxylic acids is 1. The summed E-state index contributed by atoms with van der Waals surface area (Å²) in [5.74, 6) is 0.788. The summed E-state index contributed by atoms with van der Waals surface area (Å²) in [5.41, 5.74) is 1.18. The van der Waals surface area contributed by atoms with Crippen molar-refractivity contribution in [3.8, 4) is 5.75 Å². The normalized spacial score (nSPS) is 15.6. The average molecular weight is 235 g/mol. The molecule has 0 radical (unpaired) electrons. The molecule has 1 aromatic carbocycles. The first-order chi connectivity index (χ1) is 8.29. The smallest absolute Gasteiger partial charge is 0.306 e. The number of hydrogen-bond donors (Lipinski definition) is 0. The summed E-state index contributed by atoms with van der Waals surface area (Å²) in [7, 11) is 1.42. The molecule has 0 spiro atoms. The van der Waals surface area contributed by atoms with E-state index in [4.69, 9.17) is 4.74 Å². The predicted molar refractivity (Wildman–Crippen MR) is 63.8 cm³/mol. The molecule has 0 saturated carbocycles. The summed E-state index contributed by atoms with van der Waals surface area (Å²) < 4.78 is 10.3. The van der Waals surface area contributed by atoms with Crippen LogP contribution in [0.1, 0.15) is 12.0 Å². The van der Waals surface area contributed by atoms with Crippen molar-refractivity contribution in [2.75, 3.05) is 26.8 Å². The second-order valence-corrected chi connectivity index (χ2v) is 4.06. The van der Waals surface area contributed by atoms with Crippen LogP contribution in [0.2, 0.25) is 0 Å². The fourth-order valence-corrected chi connectivity index (χ4v) is 1.92. The van der Waals surface area contributed by atoms with Crippen molar-refractivity contribution in [3.05, 3.63) is 29.8 Å². The van der Waals surface area contributed by atoms with Gasteiger partial charge in [-0.05, 0) is 6.07 Å². The molecule has 0 N–H and O–H groups in total. The molecular formula is C13H17NO3. The Morgan fingerprint density at radius 1 is 1.47 bits per heavy atom. The first kappa shape index (κ1) is 11.9. The van der Waals surface area contributed by atoms with Gasteiger partial charge in [0.1, 0.15) is 12.4 Å². The van der Waals surface area contributed by atoms with Crippen molar-refractivity contribution in [3.63, 3.8) is 0 Å². The van der Waals surface area contributed by atoms with E-state index in [-0.39, 0.29) is 5.97 Å². The lowest BCUT2D eigenvalue weighted by atomic mass is 10.2. The third kappa shape index (κ3) is 3.20. The predicted octanol–water partition coefficient (Wildman–Crippen LogP) is 1.44. The number of carbonyl (C=O) groups is 1. The molecule has 0 saturated heterocycles. The average Bonchev–Trinajstić information content (AvgIpc) is 2.57. The second-order valence-electron chi connectivity index (χ2n) is 4.06. The van der Waals surface area contributed by atoms with Gasteiger partial charge in [0.2, 0.25) is 0 Å².